The van der Waals surface area contributed by atoms with E-state index in [0.29, 0.717) is 43.5 Å². The summed E-state index contributed by atoms with van der Waals surface area (Å²) in [5.41, 5.74) is 2.94. The summed E-state index contributed by atoms with van der Waals surface area (Å²) in [5, 5.41) is 1.03. The highest BCUT2D eigenvalue weighted by Gasteiger charge is 2.33. The molecule has 0 atom stereocenters. The third-order valence-electron chi connectivity index (χ3n) is 6.34. The fourth-order valence-electron chi connectivity index (χ4n) is 4.47. The van der Waals surface area contributed by atoms with Crippen molar-refractivity contribution in [1.82, 2.24) is 24.2 Å². The summed E-state index contributed by atoms with van der Waals surface area (Å²) in [6, 6.07) is 15.6. The second-order valence-corrected chi connectivity index (χ2v) is 8.40. The van der Waals surface area contributed by atoms with Gasteiger partial charge in [-0.3, -0.25) is 9.59 Å². The van der Waals surface area contributed by atoms with Crippen LogP contribution in [0.2, 0.25) is 0 Å². The van der Waals surface area contributed by atoms with Gasteiger partial charge in [-0.05, 0) is 37.1 Å². The first-order valence-corrected chi connectivity index (χ1v) is 10.8. The zero-order chi connectivity index (χ0) is 20.9. The summed E-state index contributed by atoms with van der Waals surface area (Å²) in [6.07, 6.45) is 4.26. The van der Waals surface area contributed by atoms with Gasteiger partial charge in [0.1, 0.15) is 11.5 Å². The smallest absolute Gasteiger partial charge is 0.274 e. The highest BCUT2D eigenvalue weighted by molar-refractivity contribution is 6.00. The first-order valence-electron chi connectivity index (χ1n) is 10.8. The first kappa shape index (κ1) is 18.2. The molecule has 6 rings (SSSR count). The molecule has 0 radical (unpaired) electrons. The van der Waals surface area contributed by atoms with Gasteiger partial charge in [0.05, 0.1) is 5.52 Å². The van der Waals surface area contributed by atoms with Crippen LogP contribution in [0, 0.1) is 0 Å². The number of imidazole rings is 1. The Morgan fingerprint density at radius 3 is 2.35 bits per heavy atom. The quantitative estimate of drug-likeness (QED) is 0.560. The SMILES string of the molecule is O=C(c1cc2ccccc2[nH]1)N1CCN(C(=O)c2nc(C3CC3)n3ccccc23)CC1. The molecular weight excluding hydrogens is 390 g/mol. The fourth-order valence-corrected chi connectivity index (χ4v) is 4.47. The van der Waals surface area contributed by atoms with Gasteiger partial charge in [0.2, 0.25) is 0 Å². The summed E-state index contributed by atoms with van der Waals surface area (Å²) < 4.78 is 2.06. The lowest BCUT2D eigenvalue weighted by molar-refractivity contribution is 0.0531. The minimum absolute atomic E-state index is 0.0215. The Morgan fingerprint density at radius 2 is 1.61 bits per heavy atom. The van der Waals surface area contributed by atoms with Crippen LogP contribution in [0.4, 0.5) is 0 Å². The average Bonchev–Trinajstić information content (AvgIpc) is 3.45. The van der Waals surface area contributed by atoms with Crippen molar-refractivity contribution in [3.05, 3.63) is 71.9 Å². The normalized spacial score (nSPS) is 16.9. The molecule has 2 fully saturated rings. The average molecular weight is 413 g/mol. The zero-order valence-corrected chi connectivity index (χ0v) is 17.1. The molecule has 1 saturated heterocycles. The Balaban J connectivity index is 1.19. The van der Waals surface area contributed by atoms with Crippen LogP contribution in [0.1, 0.15) is 45.6 Å². The summed E-state index contributed by atoms with van der Waals surface area (Å²) >= 11 is 0. The molecule has 0 bridgehead atoms. The standard InChI is InChI=1S/C24H23N5O2/c30-23(19-15-17-5-1-2-6-18(17)25-19)27-11-13-28(14-12-27)24(31)21-20-7-3-4-10-29(20)22(26-21)16-8-9-16/h1-7,10,15-16,25H,8-9,11-14H2. The van der Waals surface area contributed by atoms with E-state index < -0.39 is 0 Å². The number of piperazine rings is 1. The number of hydrogen-bond donors (Lipinski definition) is 1. The van der Waals surface area contributed by atoms with E-state index in [-0.39, 0.29) is 11.8 Å². The van der Waals surface area contributed by atoms with E-state index in [9.17, 15) is 9.59 Å². The van der Waals surface area contributed by atoms with Crippen LogP contribution < -0.4 is 0 Å². The number of nitrogens with one attached hydrogen (secondary N) is 1. The van der Waals surface area contributed by atoms with Crippen molar-refractivity contribution in [2.24, 2.45) is 0 Å². The first-order chi connectivity index (χ1) is 15.2. The highest BCUT2D eigenvalue weighted by atomic mass is 16.2. The number of para-hydroxylation sites is 1. The lowest BCUT2D eigenvalue weighted by atomic mass is 10.2. The lowest BCUT2D eigenvalue weighted by Crippen LogP contribution is -2.50. The number of pyridine rings is 1. The summed E-state index contributed by atoms with van der Waals surface area (Å²) in [7, 11) is 0. The number of aromatic amines is 1. The molecular formula is C24H23N5O2. The molecule has 0 spiro atoms. The lowest BCUT2D eigenvalue weighted by Gasteiger charge is -2.34. The third-order valence-corrected chi connectivity index (χ3v) is 6.34. The minimum Gasteiger partial charge on any atom is -0.351 e. The molecule has 3 aromatic heterocycles. The van der Waals surface area contributed by atoms with E-state index in [1.807, 2.05) is 64.5 Å². The minimum atomic E-state index is -0.0479. The van der Waals surface area contributed by atoms with Crippen LogP contribution >= 0.6 is 0 Å². The Bertz CT molecular complexity index is 1280. The second-order valence-electron chi connectivity index (χ2n) is 8.40. The second kappa shape index (κ2) is 6.97. The predicted molar refractivity (Wildman–Crippen MR) is 117 cm³/mol. The van der Waals surface area contributed by atoms with Crippen LogP contribution in [0.3, 0.4) is 0 Å². The topological polar surface area (TPSA) is 73.7 Å². The number of carbonyl (C=O) groups excluding carboxylic acids is 2. The molecule has 1 saturated carbocycles. The van der Waals surface area contributed by atoms with Crippen LogP contribution in [-0.2, 0) is 0 Å². The van der Waals surface area contributed by atoms with E-state index >= 15 is 0 Å². The van der Waals surface area contributed by atoms with E-state index in [1.165, 1.54) is 0 Å². The van der Waals surface area contributed by atoms with E-state index in [2.05, 4.69) is 9.38 Å². The molecule has 4 aromatic rings. The van der Waals surface area contributed by atoms with E-state index in [1.54, 1.807) is 0 Å². The number of benzene rings is 1. The molecule has 7 nitrogen and oxygen atoms in total. The Labute approximate surface area is 179 Å². The van der Waals surface area contributed by atoms with Crippen molar-refractivity contribution >= 4 is 28.2 Å². The van der Waals surface area contributed by atoms with Crippen molar-refractivity contribution < 1.29 is 9.59 Å². The summed E-state index contributed by atoms with van der Waals surface area (Å²) in [4.78, 5) is 37.8. The molecule has 1 aromatic carbocycles. The fraction of sp³-hybridized carbons (Fsp3) is 0.292. The molecule has 2 amide bonds. The maximum Gasteiger partial charge on any atom is 0.274 e. The number of aromatic nitrogens is 3. The number of carbonyl (C=O) groups is 2. The van der Waals surface area contributed by atoms with Gasteiger partial charge in [0, 0.05) is 49.2 Å². The van der Waals surface area contributed by atoms with Crippen molar-refractivity contribution in [1.29, 1.82) is 0 Å². The summed E-state index contributed by atoms with van der Waals surface area (Å²) in [6.45, 7) is 2.05. The van der Waals surface area contributed by atoms with Gasteiger partial charge in [-0.25, -0.2) is 4.98 Å². The maximum atomic E-state index is 13.3. The van der Waals surface area contributed by atoms with Crippen molar-refractivity contribution in [3.8, 4) is 0 Å². The van der Waals surface area contributed by atoms with Crippen molar-refractivity contribution in [3.63, 3.8) is 0 Å². The van der Waals surface area contributed by atoms with Crippen molar-refractivity contribution in [2.75, 3.05) is 26.2 Å². The highest BCUT2D eigenvalue weighted by Crippen LogP contribution is 2.40. The summed E-state index contributed by atoms with van der Waals surface area (Å²) in [5.74, 6) is 1.38. The van der Waals surface area contributed by atoms with Gasteiger partial charge in [-0.15, -0.1) is 0 Å². The van der Waals surface area contributed by atoms with Gasteiger partial charge in [-0.2, -0.15) is 0 Å². The van der Waals surface area contributed by atoms with Crippen LogP contribution in [0.5, 0.6) is 0 Å². The monoisotopic (exact) mass is 413 g/mol. The van der Waals surface area contributed by atoms with E-state index in [0.717, 1.165) is 35.1 Å². The Hall–Kier alpha value is -3.61. The van der Waals surface area contributed by atoms with Crippen LogP contribution in [-0.4, -0.2) is 62.2 Å². The molecule has 7 heteroatoms. The predicted octanol–water partition coefficient (Wildman–Crippen LogP) is 3.29. The number of amides is 2. The molecule has 1 aliphatic carbocycles. The number of nitrogens with zero attached hydrogens (tertiary/aromatic N) is 4. The van der Waals surface area contributed by atoms with Gasteiger partial charge >= 0.3 is 0 Å². The number of hydrogen-bond acceptors (Lipinski definition) is 3. The molecule has 31 heavy (non-hydrogen) atoms. The maximum absolute atomic E-state index is 13.3. The molecule has 0 unspecified atom stereocenters. The molecule has 4 heterocycles. The number of rotatable bonds is 3. The van der Waals surface area contributed by atoms with Gasteiger partial charge in [-0.1, -0.05) is 24.3 Å². The third kappa shape index (κ3) is 3.08. The van der Waals surface area contributed by atoms with Crippen LogP contribution in [0.25, 0.3) is 16.4 Å². The number of fused-ring (bicyclic) bond motifs is 2. The largest absolute Gasteiger partial charge is 0.351 e. The molecule has 2 aliphatic rings. The van der Waals surface area contributed by atoms with Gasteiger partial charge < -0.3 is 19.2 Å². The molecule has 1 N–H and O–H groups in total. The zero-order valence-electron chi connectivity index (χ0n) is 17.1. The van der Waals surface area contributed by atoms with Crippen molar-refractivity contribution in [2.45, 2.75) is 18.8 Å². The van der Waals surface area contributed by atoms with Gasteiger partial charge in [0.25, 0.3) is 11.8 Å². The number of H-pyrrole nitrogens is 1. The molecule has 1 aliphatic heterocycles. The Kier molecular flexibility index (Phi) is 4.09. The van der Waals surface area contributed by atoms with E-state index in [4.69, 9.17) is 4.98 Å². The van der Waals surface area contributed by atoms with Gasteiger partial charge in [0.15, 0.2) is 5.69 Å². The van der Waals surface area contributed by atoms with Crippen LogP contribution in [0.15, 0.2) is 54.7 Å². The Morgan fingerprint density at radius 1 is 0.903 bits per heavy atom. The molecule has 156 valence electrons.